The van der Waals surface area contributed by atoms with Gasteiger partial charge in [-0.05, 0) is 17.7 Å². The van der Waals surface area contributed by atoms with Crippen molar-refractivity contribution >= 4 is 17.3 Å². The SMILES string of the molecule is COc1ccccc1N1CCN(C(=O)C2CC(c3ccccc3)=NO2)CC1. The molecule has 0 aromatic heterocycles. The second kappa shape index (κ2) is 7.70. The highest BCUT2D eigenvalue weighted by Crippen LogP contribution is 2.28. The highest BCUT2D eigenvalue weighted by molar-refractivity contribution is 6.04. The molecule has 2 aliphatic heterocycles. The maximum atomic E-state index is 12.8. The molecule has 2 aromatic carbocycles. The number of carbonyl (C=O) groups is 1. The van der Waals surface area contributed by atoms with Crippen molar-refractivity contribution in [2.24, 2.45) is 5.16 Å². The minimum absolute atomic E-state index is 0.0179. The number of methoxy groups -OCH3 is 1. The molecule has 140 valence electrons. The Morgan fingerprint density at radius 2 is 1.74 bits per heavy atom. The van der Waals surface area contributed by atoms with Gasteiger partial charge in [0.2, 0.25) is 6.10 Å². The Balaban J connectivity index is 1.34. The van der Waals surface area contributed by atoms with Crippen molar-refractivity contribution in [2.75, 3.05) is 38.2 Å². The van der Waals surface area contributed by atoms with E-state index in [0.717, 1.165) is 35.8 Å². The predicted molar refractivity (Wildman–Crippen MR) is 104 cm³/mol. The van der Waals surface area contributed by atoms with Gasteiger partial charge in [0.25, 0.3) is 5.91 Å². The summed E-state index contributed by atoms with van der Waals surface area (Å²) in [6.07, 6.45) is 0.00766. The van der Waals surface area contributed by atoms with Gasteiger partial charge in [-0.25, -0.2) is 0 Å². The molecule has 1 amide bonds. The van der Waals surface area contributed by atoms with Gasteiger partial charge in [0, 0.05) is 32.6 Å². The Labute approximate surface area is 159 Å². The first kappa shape index (κ1) is 17.4. The van der Waals surface area contributed by atoms with Crippen LogP contribution >= 0.6 is 0 Å². The van der Waals surface area contributed by atoms with Crippen LogP contribution in [0.3, 0.4) is 0 Å². The minimum atomic E-state index is -0.516. The Hall–Kier alpha value is -3.02. The Morgan fingerprint density at radius 3 is 2.48 bits per heavy atom. The molecule has 2 heterocycles. The van der Waals surface area contributed by atoms with Gasteiger partial charge in [-0.3, -0.25) is 4.79 Å². The number of hydrogen-bond donors (Lipinski definition) is 0. The first-order valence-electron chi connectivity index (χ1n) is 9.21. The van der Waals surface area contributed by atoms with Crippen molar-refractivity contribution < 1.29 is 14.4 Å². The molecule has 0 saturated carbocycles. The molecule has 6 nitrogen and oxygen atoms in total. The maximum absolute atomic E-state index is 12.8. The van der Waals surface area contributed by atoms with Crippen molar-refractivity contribution in [2.45, 2.75) is 12.5 Å². The average molecular weight is 365 g/mol. The number of amides is 1. The predicted octanol–water partition coefficient (Wildman–Crippen LogP) is 2.54. The highest BCUT2D eigenvalue weighted by Gasteiger charge is 2.34. The fraction of sp³-hybridized carbons (Fsp3) is 0.333. The summed E-state index contributed by atoms with van der Waals surface area (Å²) < 4.78 is 5.45. The number of nitrogens with zero attached hydrogens (tertiary/aromatic N) is 3. The van der Waals surface area contributed by atoms with E-state index in [2.05, 4.69) is 16.1 Å². The number of rotatable bonds is 4. The molecular weight excluding hydrogens is 342 g/mol. The van der Waals surface area contributed by atoms with E-state index in [4.69, 9.17) is 9.57 Å². The summed E-state index contributed by atoms with van der Waals surface area (Å²) >= 11 is 0. The standard InChI is InChI=1S/C21H23N3O3/c1-26-19-10-6-5-9-18(19)23-11-13-24(14-12-23)21(25)20-15-17(22-27-20)16-7-3-2-4-8-16/h2-10,20H,11-15H2,1H3. The lowest BCUT2D eigenvalue weighted by molar-refractivity contribution is -0.142. The van der Waals surface area contributed by atoms with Crippen LogP contribution in [0.4, 0.5) is 5.69 Å². The van der Waals surface area contributed by atoms with Gasteiger partial charge in [-0.1, -0.05) is 47.6 Å². The Morgan fingerprint density at radius 1 is 1.04 bits per heavy atom. The third-order valence-electron chi connectivity index (χ3n) is 5.07. The second-order valence-corrected chi connectivity index (χ2v) is 6.69. The molecule has 0 N–H and O–H groups in total. The summed E-state index contributed by atoms with van der Waals surface area (Å²) in [5.74, 6) is 0.877. The van der Waals surface area contributed by atoms with Gasteiger partial charge in [0.1, 0.15) is 5.75 Å². The van der Waals surface area contributed by atoms with Crippen molar-refractivity contribution in [1.29, 1.82) is 0 Å². The summed E-state index contributed by atoms with van der Waals surface area (Å²) in [5, 5.41) is 4.13. The monoisotopic (exact) mass is 365 g/mol. The fourth-order valence-electron chi connectivity index (χ4n) is 3.57. The third-order valence-corrected chi connectivity index (χ3v) is 5.07. The van der Waals surface area contributed by atoms with Crippen LogP contribution in [0.1, 0.15) is 12.0 Å². The van der Waals surface area contributed by atoms with Crippen LogP contribution in [0.5, 0.6) is 5.75 Å². The normalized spacial score (nSPS) is 19.4. The molecule has 0 radical (unpaired) electrons. The van der Waals surface area contributed by atoms with Gasteiger partial charge < -0.3 is 19.4 Å². The smallest absolute Gasteiger partial charge is 0.267 e. The molecule has 0 bridgehead atoms. The molecule has 1 atom stereocenters. The van der Waals surface area contributed by atoms with E-state index in [1.807, 2.05) is 53.4 Å². The summed E-state index contributed by atoms with van der Waals surface area (Å²) in [6, 6.07) is 17.8. The molecule has 6 heteroatoms. The van der Waals surface area contributed by atoms with Crippen molar-refractivity contribution in [3.8, 4) is 5.75 Å². The minimum Gasteiger partial charge on any atom is -0.495 e. The third kappa shape index (κ3) is 3.60. The molecule has 0 spiro atoms. The van der Waals surface area contributed by atoms with E-state index in [1.165, 1.54) is 0 Å². The quantitative estimate of drug-likeness (QED) is 0.836. The van der Waals surface area contributed by atoms with E-state index < -0.39 is 6.10 Å². The first-order valence-corrected chi connectivity index (χ1v) is 9.21. The van der Waals surface area contributed by atoms with Crippen molar-refractivity contribution in [3.63, 3.8) is 0 Å². The van der Waals surface area contributed by atoms with E-state index in [1.54, 1.807) is 7.11 Å². The number of hydrogen-bond acceptors (Lipinski definition) is 5. The molecule has 1 unspecified atom stereocenters. The number of ether oxygens (including phenoxy) is 1. The van der Waals surface area contributed by atoms with E-state index in [0.29, 0.717) is 19.5 Å². The average Bonchev–Trinajstić information content (AvgIpc) is 3.24. The number of oxime groups is 1. The number of carbonyl (C=O) groups excluding carboxylic acids is 1. The van der Waals surface area contributed by atoms with Gasteiger partial charge in [0.15, 0.2) is 0 Å². The molecule has 2 aromatic rings. The molecule has 0 aliphatic carbocycles. The largest absolute Gasteiger partial charge is 0.495 e. The van der Waals surface area contributed by atoms with Crippen LogP contribution in [0, 0.1) is 0 Å². The first-order chi connectivity index (χ1) is 13.3. The lowest BCUT2D eigenvalue weighted by atomic mass is 10.0. The number of anilines is 1. The van der Waals surface area contributed by atoms with Crippen LogP contribution in [0.2, 0.25) is 0 Å². The van der Waals surface area contributed by atoms with Crippen LogP contribution in [-0.4, -0.2) is 55.9 Å². The number of para-hydroxylation sites is 2. The van der Waals surface area contributed by atoms with Crippen LogP contribution in [-0.2, 0) is 9.63 Å². The summed E-state index contributed by atoms with van der Waals surface area (Å²) in [4.78, 5) is 22.4. The van der Waals surface area contributed by atoms with Crippen molar-refractivity contribution in [1.82, 2.24) is 4.90 Å². The van der Waals surface area contributed by atoms with Crippen LogP contribution < -0.4 is 9.64 Å². The van der Waals surface area contributed by atoms with Crippen LogP contribution in [0.15, 0.2) is 59.8 Å². The summed E-state index contributed by atoms with van der Waals surface area (Å²) in [7, 11) is 1.68. The van der Waals surface area contributed by atoms with E-state index in [9.17, 15) is 4.79 Å². The lowest BCUT2D eigenvalue weighted by Crippen LogP contribution is -2.51. The number of piperazine rings is 1. The Kier molecular flexibility index (Phi) is 4.96. The molecule has 4 rings (SSSR count). The Bertz CT molecular complexity index is 830. The van der Waals surface area contributed by atoms with E-state index >= 15 is 0 Å². The molecular formula is C21H23N3O3. The van der Waals surface area contributed by atoms with E-state index in [-0.39, 0.29) is 5.91 Å². The zero-order valence-electron chi connectivity index (χ0n) is 15.4. The zero-order valence-corrected chi connectivity index (χ0v) is 15.4. The zero-order chi connectivity index (χ0) is 18.6. The molecule has 27 heavy (non-hydrogen) atoms. The maximum Gasteiger partial charge on any atom is 0.267 e. The van der Waals surface area contributed by atoms with Gasteiger partial charge in [-0.2, -0.15) is 0 Å². The summed E-state index contributed by atoms with van der Waals surface area (Å²) in [6.45, 7) is 2.87. The highest BCUT2D eigenvalue weighted by atomic mass is 16.6. The van der Waals surface area contributed by atoms with Crippen LogP contribution in [0.25, 0.3) is 0 Å². The molecule has 2 aliphatic rings. The second-order valence-electron chi connectivity index (χ2n) is 6.69. The number of benzene rings is 2. The molecule has 1 fully saturated rings. The summed E-state index contributed by atoms with van der Waals surface area (Å²) in [5.41, 5.74) is 2.91. The lowest BCUT2D eigenvalue weighted by Gasteiger charge is -2.37. The fourth-order valence-corrected chi connectivity index (χ4v) is 3.57. The van der Waals surface area contributed by atoms with Crippen molar-refractivity contribution in [3.05, 3.63) is 60.2 Å². The topological polar surface area (TPSA) is 54.4 Å². The molecule has 1 saturated heterocycles. The van der Waals surface area contributed by atoms with Gasteiger partial charge in [0.05, 0.1) is 18.5 Å². The van der Waals surface area contributed by atoms with Gasteiger partial charge in [-0.15, -0.1) is 0 Å². The van der Waals surface area contributed by atoms with Gasteiger partial charge >= 0.3 is 0 Å².